The van der Waals surface area contributed by atoms with Crippen LogP contribution in [0.5, 0.6) is 0 Å². The monoisotopic (exact) mass is 264 g/mol. The van der Waals surface area contributed by atoms with Gasteiger partial charge in [0.25, 0.3) is 0 Å². The van der Waals surface area contributed by atoms with Gasteiger partial charge in [-0.2, -0.15) is 0 Å². The average Bonchev–Trinajstić information content (AvgIpc) is 2.38. The Kier molecular flexibility index (Phi) is 4.39. The number of aromatic nitrogens is 1. The van der Waals surface area contributed by atoms with Gasteiger partial charge in [0.1, 0.15) is 5.82 Å². The van der Waals surface area contributed by atoms with Gasteiger partial charge in [0, 0.05) is 45.5 Å². The molecular weight excluding hydrogens is 240 g/mol. The molecule has 0 spiro atoms. The maximum absolute atomic E-state index is 9.84. The first-order valence-corrected chi connectivity index (χ1v) is 6.82. The van der Waals surface area contributed by atoms with Gasteiger partial charge in [0.15, 0.2) is 0 Å². The molecule has 0 bridgehead atoms. The van der Waals surface area contributed by atoms with Crippen LogP contribution in [0.4, 0.5) is 5.82 Å². The Hall–Kier alpha value is -1.17. The van der Waals surface area contributed by atoms with E-state index in [0.717, 1.165) is 44.1 Å². The third-order valence-corrected chi connectivity index (χ3v) is 3.35. The van der Waals surface area contributed by atoms with Crippen molar-refractivity contribution in [3.05, 3.63) is 23.9 Å². The van der Waals surface area contributed by atoms with Crippen molar-refractivity contribution >= 4 is 5.82 Å². The number of hydrogen-bond acceptors (Lipinski definition) is 5. The fourth-order valence-electron chi connectivity index (χ4n) is 2.44. The molecule has 0 atom stereocenters. The summed E-state index contributed by atoms with van der Waals surface area (Å²) >= 11 is 0. The summed E-state index contributed by atoms with van der Waals surface area (Å²) in [6.45, 7) is 8.77. The molecule has 1 aromatic rings. The van der Waals surface area contributed by atoms with Crippen LogP contribution >= 0.6 is 0 Å². The summed E-state index contributed by atoms with van der Waals surface area (Å²) in [5, 5.41) is 9.84. The van der Waals surface area contributed by atoms with Gasteiger partial charge in [0.05, 0.1) is 5.60 Å². The summed E-state index contributed by atoms with van der Waals surface area (Å²) in [7, 11) is 0. The molecule has 1 fully saturated rings. The Morgan fingerprint density at radius 2 is 2.00 bits per heavy atom. The molecule has 2 rings (SSSR count). The van der Waals surface area contributed by atoms with Crippen molar-refractivity contribution in [3.63, 3.8) is 0 Å². The zero-order chi connectivity index (χ0) is 13.9. The summed E-state index contributed by atoms with van der Waals surface area (Å²) in [6.07, 6.45) is 1.82. The predicted octanol–water partition coefficient (Wildman–Crippen LogP) is 0.433. The van der Waals surface area contributed by atoms with Crippen molar-refractivity contribution in [2.45, 2.75) is 26.0 Å². The van der Waals surface area contributed by atoms with Crippen LogP contribution in [0.1, 0.15) is 19.4 Å². The van der Waals surface area contributed by atoms with Crippen LogP contribution < -0.4 is 10.6 Å². The average molecular weight is 264 g/mol. The third-order valence-electron chi connectivity index (χ3n) is 3.35. The molecule has 3 N–H and O–H groups in total. The normalized spacial score (nSPS) is 17.8. The molecular formula is C14H24N4O. The van der Waals surface area contributed by atoms with Gasteiger partial charge in [-0.05, 0) is 31.5 Å². The van der Waals surface area contributed by atoms with Gasteiger partial charge in [-0.1, -0.05) is 0 Å². The van der Waals surface area contributed by atoms with Crippen LogP contribution in [-0.2, 0) is 6.54 Å². The molecule has 5 heteroatoms. The lowest BCUT2D eigenvalue weighted by molar-refractivity contribution is 0.0344. The molecule has 19 heavy (non-hydrogen) atoms. The second kappa shape index (κ2) is 5.86. The first kappa shape index (κ1) is 14.2. The zero-order valence-electron chi connectivity index (χ0n) is 11.8. The maximum atomic E-state index is 9.84. The van der Waals surface area contributed by atoms with E-state index in [4.69, 9.17) is 5.73 Å². The minimum Gasteiger partial charge on any atom is -0.389 e. The SMILES string of the molecule is CC(C)(O)CN1CCN(c2cc(CN)ccn2)CC1. The Labute approximate surface area is 115 Å². The molecule has 0 radical (unpaired) electrons. The number of nitrogens with two attached hydrogens (primary N) is 1. The first-order chi connectivity index (χ1) is 8.98. The molecule has 0 saturated carbocycles. The minimum atomic E-state index is -0.625. The molecule has 0 aromatic carbocycles. The summed E-state index contributed by atoms with van der Waals surface area (Å²) in [5.74, 6) is 1.01. The van der Waals surface area contributed by atoms with Crippen LogP contribution in [0.15, 0.2) is 18.3 Å². The van der Waals surface area contributed by atoms with E-state index in [-0.39, 0.29) is 0 Å². The number of nitrogens with zero attached hydrogens (tertiary/aromatic N) is 3. The predicted molar refractivity (Wildman–Crippen MR) is 77.1 cm³/mol. The van der Waals surface area contributed by atoms with Crippen LogP contribution in [0, 0.1) is 0 Å². The van der Waals surface area contributed by atoms with E-state index >= 15 is 0 Å². The molecule has 0 aliphatic carbocycles. The Morgan fingerprint density at radius 3 is 2.58 bits per heavy atom. The summed E-state index contributed by atoms with van der Waals surface area (Å²) < 4.78 is 0. The van der Waals surface area contributed by atoms with Crippen molar-refractivity contribution in [3.8, 4) is 0 Å². The van der Waals surface area contributed by atoms with E-state index in [1.54, 1.807) is 0 Å². The van der Waals surface area contributed by atoms with Gasteiger partial charge in [-0.25, -0.2) is 4.98 Å². The fraction of sp³-hybridized carbons (Fsp3) is 0.643. The molecule has 2 heterocycles. The Bertz CT molecular complexity index is 408. The largest absolute Gasteiger partial charge is 0.389 e. The number of aliphatic hydroxyl groups is 1. The highest BCUT2D eigenvalue weighted by Crippen LogP contribution is 2.16. The lowest BCUT2D eigenvalue weighted by atomic mass is 10.1. The number of piperazine rings is 1. The Morgan fingerprint density at radius 1 is 1.32 bits per heavy atom. The van der Waals surface area contributed by atoms with Crippen LogP contribution in [0.2, 0.25) is 0 Å². The molecule has 1 saturated heterocycles. The lowest BCUT2D eigenvalue weighted by Gasteiger charge is -2.37. The zero-order valence-corrected chi connectivity index (χ0v) is 11.8. The highest BCUT2D eigenvalue weighted by Gasteiger charge is 2.23. The molecule has 0 amide bonds. The molecule has 1 aromatic heterocycles. The molecule has 1 aliphatic heterocycles. The first-order valence-electron chi connectivity index (χ1n) is 6.82. The molecule has 106 valence electrons. The fourth-order valence-corrected chi connectivity index (χ4v) is 2.44. The van der Waals surface area contributed by atoms with Crippen molar-refractivity contribution in [1.29, 1.82) is 0 Å². The highest BCUT2D eigenvalue weighted by molar-refractivity contribution is 5.41. The van der Waals surface area contributed by atoms with Gasteiger partial charge in [-0.15, -0.1) is 0 Å². The summed E-state index contributed by atoms with van der Waals surface area (Å²) in [6, 6.07) is 4.01. The highest BCUT2D eigenvalue weighted by atomic mass is 16.3. The van der Waals surface area contributed by atoms with Gasteiger partial charge < -0.3 is 15.7 Å². The van der Waals surface area contributed by atoms with E-state index < -0.39 is 5.60 Å². The third kappa shape index (κ3) is 4.16. The molecule has 0 unspecified atom stereocenters. The second-order valence-electron chi connectivity index (χ2n) is 5.80. The van der Waals surface area contributed by atoms with Crippen molar-refractivity contribution in [2.24, 2.45) is 5.73 Å². The van der Waals surface area contributed by atoms with Gasteiger partial charge >= 0.3 is 0 Å². The van der Waals surface area contributed by atoms with Crippen molar-refractivity contribution < 1.29 is 5.11 Å². The topological polar surface area (TPSA) is 65.6 Å². The van der Waals surface area contributed by atoms with Crippen LogP contribution in [-0.4, -0.2) is 53.3 Å². The van der Waals surface area contributed by atoms with Crippen LogP contribution in [0.3, 0.4) is 0 Å². The van der Waals surface area contributed by atoms with E-state index in [9.17, 15) is 5.11 Å². The minimum absolute atomic E-state index is 0.550. The number of rotatable bonds is 4. The molecule has 5 nitrogen and oxygen atoms in total. The van der Waals surface area contributed by atoms with E-state index in [1.165, 1.54) is 0 Å². The van der Waals surface area contributed by atoms with Crippen LogP contribution in [0.25, 0.3) is 0 Å². The number of pyridine rings is 1. The Balaban J connectivity index is 1.92. The van der Waals surface area contributed by atoms with Crippen molar-refractivity contribution in [2.75, 3.05) is 37.6 Å². The second-order valence-corrected chi connectivity index (χ2v) is 5.80. The van der Waals surface area contributed by atoms with E-state index in [2.05, 4.69) is 20.9 Å². The lowest BCUT2D eigenvalue weighted by Crippen LogP contribution is -2.50. The standard InChI is InChI=1S/C14H24N4O/c1-14(2,19)11-17-5-7-18(8-6-17)13-9-12(10-15)3-4-16-13/h3-4,9,19H,5-8,10-11,15H2,1-2H3. The van der Waals surface area contributed by atoms with Gasteiger partial charge in [-0.3, -0.25) is 4.90 Å². The van der Waals surface area contributed by atoms with E-state index in [1.807, 2.05) is 26.1 Å². The quantitative estimate of drug-likeness (QED) is 0.826. The van der Waals surface area contributed by atoms with Gasteiger partial charge in [0.2, 0.25) is 0 Å². The maximum Gasteiger partial charge on any atom is 0.128 e. The van der Waals surface area contributed by atoms with Crippen molar-refractivity contribution in [1.82, 2.24) is 9.88 Å². The summed E-state index contributed by atoms with van der Waals surface area (Å²) in [4.78, 5) is 8.99. The number of anilines is 1. The smallest absolute Gasteiger partial charge is 0.128 e. The van der Waals surface area contributed by atoms with E-state index in [0.29, 0.717) is 6.54 Å². The number of hydrogen-bond donors (Lipinski definition) is 2. The number of β-amino-alcohol motifs (C(OH)–C–C–N with tert-alkyl or cyclic N) is 1. The summed E-state index contributed by atoms with van der Waals surface area (Å²) in [5.41, 5.74) is 6.15. The molecule has 1 aliphatic rings.